The number of anilines is 1. The van der Waals surface area contributed by atoms with Crippen LogP contribution in [0.4, 0.5) is 5.82 Å². The number of benzene rings is 1. The van der Waals surface area contributed by atoms with Crippen LogP contribution in [-0.4, -0.2) is 58.8 Å². The lowest BCUT2D eigenvalue weighted by molar-refractivity contribution is 0.197. The molecule has 3 aromatic rings. The predicted octanol–water partition coefficient (Wildman–Crippen LogP) is 2.91. The van der Waals surface area contributed by atoms with Crippen LogP contribution in [0.3, 0.4) is 0 Å². The molecule has 2 aliphatic rings. The summed E-state index contributed by atoms with van der Waals surface area (Å²) >= 11 is 0. The van der Waals surface area contributed by atoms with Crippen LogP contribution in [0.25, 0.3) is 5.65 Å². The van der Waals surface area contributed by atoms with Crippen LogP contribution in [0.15, 0.2) is 48.7 Å². The molecule has 4 heterocycles. The molecule has 1 N–H and O–H groups in total. The van der Waals surface area contributed by atoms with Gasteiger partial charge in [0.25, 0.3) is 0 Å². The third-order valence-corrected chi connectivity index (χ3v) is 6.47. The molecule has 0 aliphatic carbocycles. The Morgan fingerprint density at radius 2 is 1.97 bits per heavy atom. The topological polar surface area (TPSA) is 48.7 Å². The number of nitrogens with zero attached hydrogens (tertiary/aromatic N) is 5. The Labute approximate surface area is 172 Å². The Bertz CT molecular complexity index is 952. The van der Waals surface area contributed by atoms with E-state index in [4.69, 9.17) is 5.10 Å². The summed E-state index contributed by atoms with van der Waals surface area (Å²) < 4.78 is 2.10. The fourth-order valence-electron chi connectivity index (χ4n) is 4.85. The van der Waals surface area contributed by atoms with E-state index in [1.165, 1.54) is 37.1 Å². The lowest BCUT2D eigenvalue weighted by Gasteiger charge is -2.33. The Balaban J connectivity index is 1.36. The number of nitrogens with one attached hydrogen (secondary N) is 1. The van der Waals surface area contributed by atoms with Crippen molar-refractivity contribution in [2.45, 2.75) is 37.8 Å². The average Bonchev–Trinajstić information content (AvgIpc) is 3.41. The maximum absolute atomic E-state index is 4.98. The first-order valence-corrected chi connectivity index (χ1v) is 10.8. The Morgan fingerprint density at radius 3 is 2.79 bits per heavy atom. The highest BCUT2D eigenvalue weighted by molar-refractivity contribution is 5.53. The molecule has 0 spiro atoms. The van der Waals surface area contributed by atoms with Crippen molar-refractivity contribution in [1.29, 1.82) is 0 Å². The monoisotopic (exact) mass is 390 g/mol. The summed E-state index contributed by atoms with van der Waals surface area (Å²) in [5.74, 6) is 1.55. The van der Waals surface area contributed by atoms with Crippen LogP contribution in [-0.2, 0) is 6.54 Å². The number of aromatic nitrogens is 3. The number of rotatable bonds is 5. The van der Waals surface area contributed by atoms with E-state index in [2.05, 4.69) is 67.1 Å². The standard InChI is InChI=1S/C23H30N6/c1-24-20-10-13-28(17-20)23-14-22-25-11-9-21(29(22)26-23)19-8-5-12-27(16-19)15-18-6-3-2-4-7-18/h2-4,6-7,9,11,14,19-20,24H,5,8,10,12-13,15-17H2,1H3/t19-,20-/m0/s1. The maximum Gasteiger partial charge on any atom is 0.157 e. The summed E-state index contributed by atoms with van der Waals surface area (Å²) in [4.78, 5) is 9.56. The fourth-order valence-corrected chi connectivity index (χ4v) is 4.85. The van der Waals surface area contributed by atoms with E-state index in [0.29, 0.717) is 12.0 Å². The summed E-state index contributed by atoms with van der Waals surface area (Å²) in [5, 5.41) is 8.37. The van der Waals surface area contributed by atoms with Gasteiger partial charge in [-0.25, -0.2) is 9.50 Å². The minimum Gasteiger partial charge on any atom is -0.353 e. The Hall–Kier alpha value is -2.44. The van der Waals surface area contributed by atoms with Crippen LogP contribution >= 0.6 is 0 Å². The van der Waals surface area contributed by atoms with E-state index in [-0.39, 0.29) is 0 Å². The van der Waals surface area contributed by atoms with Gasteiger partial charge in [-0.3, -0.25) is 4.90 Å². The summed E-state index contributed by atoms with van der Waals surface area (Å²) in [6.45, 7) is 5.34. The van der Waals surface area contributed by atoms with Gasteiger partial charge in [-0.1, -0.05) is 30.3 Å². The molecule has 0 bridgehead atoms. The largest absolute Gasteiger partial charge is 0.353 e. The fraction of sp³-hybridized carbons (Fsp3) is 0.478. The van der Waals surface area contributed by atoms with Gasteiger partial charge in [-0.2, -0.15) is 0 Å². The number of hydrogen-bond donors (Lipinski definition) is 1. The zero-order chi connectivity index (χ0) is 19.6. The van der Waals surface area contributed by atoms with Crippen LogP contribution < -0.4 is 10.2 Å². The van der Waals surface area contributed by atoms with Gasteiger partial charge in [0.05, 0.1) is 5.69 Å². The highest BCUT2D eigenvalue weighted by atomic mass is 15.4. The zero-order valence-electron chi connectivity index (χ0n) is 17.2. The van der Waals surface area contributed by atoms with Crippen molar-refractivity contribution >= 4 is 11.5 Å². The molecule has 1 aromatic carbocycles. The third-order valence-electron chi connectivity index (χ3n) is 6.47. The van der Waals surface area contributed by atoms with E-state index >= 15 is 0 Å². The highest BCUT2D eigenvalue weighted by Gasteiger charge is 2.26. The van der Waals surface area contributed by atoms with Crippen molar-refractivity contribution in [3.63, 3.8) is 0 Å². The van der Waals surface area contributed by atoms with Crippen molar-refractivity contribution in [2.75, 3.05) is 38.1 Å². The quantitative estimate of drug-likeness (QED) is 0.726. The Morgan fingerprint density at radius 1 is 1.07 bits per heavy atom. The molecule has 0 amide bonds. The average molecular weight is 391 g/mol. The first-order chi connectivity index (χ1) is 14.3. The molecule has 0 saturated carbocycles. The molecule has 0 unspecified atom stereocenters. The smallest absolute Gasteiger partial charge is 0.157 e. The van der Waals surface area contributed by atoms with Gasteiger partial charge in [0.1, 0.15) is 0 Å². The van der Waals surface area contributed by atoms with E-state index < -0.39 is 0 Å². The molecule has 2 saturated heterocycles. The van der Waals surface area contributed by atoms with Gasteiger partial charge in [-0.05, 0) is 44.5 Å². The first kappa shape index (κ1) is 18.6. The van der Waals surface area contributed by atoms with Gasteiger partial charge >= 0.3 is 0 Å². The molecule has 152 valence electrons. The molecule has 5 rings (SSSR count). The van der Waals surface area contributed by atoms with Gasteiger partial charge in [-0.15, -0.1) is 5.10 Å². The molecule has 2 fully saturated rings. The Kier molecular flexibility index (Phi) is 5.21. The van der Waals surface area contributed by atoms with Crippen molar-refractivity contribution in [1.82, 2.24) is 24.8 Å². The molecule has 2 aromatic heterocycles. The number of piperidine rings is 1. The summed E-state index contributed by atoms with van der Waals surface area (Å²) in [7, 11) is 2.04. The van der Waals surface area contributed by atoms with Crippen LogP contribution in [0.1, 0.15) is 36.4 Å². The minimum atomic E-state index is 0.495. The number of fused-ring (bicyclic) bond motifs is 1. The van der Waals surface area contributed by atoms with E-state index in [0.717, 1.165) is 37.6 Å². The molecular formula is C23H30N6. The summed E-state index contributed by atoms with van der Waals surface area (Å²) in [5.41, 5.74) is 3.65. The number of likely N-dealkylation sites (N-methyl/N-ethyl adjacent to an activating group) is 1. The van der Waals surface area contributed by atoms with E-state index in [1.54, 1.807) is 0 Å². The lowest BCUT2D eigenvalue weighted by Crippen LogP contribution is -2.34. The van der Waals surface area contributed by atoms with E-state index in [9.17, 15) is 0 Å². The van der Waals surface area contributed by atoms with Gasteiger partial charge < -0.3 is 10.2 Å². The maximum atomic E-state index is 4.98. The van der Waals surface area contributed by atoms with Crippen LogP contribution in [0, 0.1) is 0 Å². The molecule has 2 atom stereocenters. The number of likely N-dealkylation sites (tertiary alicyclic amines) is 1. The second-order valence-electron chi connectivity index (χ2n) is 8.42. The second-order valence-corrected chi connectivity index (χ2v) is 8.42. The van der Waals surface area contributed by atoms with Crippen molar-refractivity contribution in [3.8, 4) is 0 Å². The normalized spacial score (nSPS) is 23.1. The summed E-state index contributed by atoms with van der Waals surface area (Å²) in [6, 6.07) is 15.7. The van der Waals surface area contributed by atoms with E-state index in [1.807, 2.05) is 13.2 Å². The molecule has 29 heavy (non-hydrogen) atoms. The molecule has 0 radical (unpaired) electrons. The molecule has 6 nitrogen and oxygen atoms in total. The zero-order valence-corrected chi connectivity index (χ0v) is 17.2. The van der Waals surface area contributed by atoms with Crippen molar-refractivity contribution < 1.29 is 0 Å². The third kappa shape index (κ3) is 3.87. The van der Waals surface area contributed by atoms with Crippen LogP contribution in [0.5, 0.6) is 0 Å². The van der Waals surface area contributed by atoms with Gasteiger partial charge in [0.2, 0.25) is 0 Å². The molecule has 2 aliphatic heterocycles. The van der Waals surface area contributed by atoms with Crippen molar-refractivity contribution in [2.24, 2.45) is 0 Å². The molecular weight excluding hydrogens is 360 g/mol. The second kappa shape index (κ2) is 8.13. The van der Waals surface area contributed by atoms with Crippen LogP contribution in [0.2, 0.25) is 0 Å². The number of hydrogen-bond acceptors (Lipinski definition) is 5. The predicted molar refractivity (Wildman–Crippen MR) is 116 cm³/mol. The SMILES string of the molecule is CN[C@H]1CCN(c2cc3nccc([C@H]4CCCN(Cc5ccccc5)C4)n3n2)C1. The van der Waals surface area contributed by atoms with Crippen molar-refractivity contribution in [3.05, 3.63) is 59.9 Å². The lowest BCUT2D eigenvalue weighted by atomic mass is 9.94. The summed E-state index contributed by atoms with van der Waals surface area (Å²) in [6.07, 6.45) is 5.56. The first-order valence-electron chi connectivity index (χ1n) is 10.8. The highest BCUT2D eigenvalue weighted by Crippen LogP contribution is 2.29. The minimum absolute atomic E-state index is 0.495. The van der Waals surface area contributed by atoms with Gasteiger partial charge in [0.15, 0.2) is 11.5 Å². The molecule has 6 heteroatoms. The van der Waals surface area contributed by atoms with Gasteiger partial charge in [0, 0.05) is 50.4 Å².